The van der Waals surface area contributed by atoms with E-state index in [2.05, 4.69) is 15.5 Å². The first-order valence-corrected chi connectivity index (χ1v) is 6.57. The molecular formula is C12H16ClN5O2. The fraction of sp³-hybridized carbons (Fsp3) is 0.417. The van der Waals surface area contributed by atoms with Crippen LogP contribution in [0.1, 0.15) is 6.92 Å². The Hall–Kier alpha value is -1.86. The van der Waals surface area contributed by atoms with E-state index in [-0.39, 0.29) is 10.6 Å². The van der Waals surface area contributed by atoms with E-state index in [0.717, 1.165) is 12.2 Å². The zero-order valence-electron chi connectivity index (χ0n) is 11.3. The fourth-order valence-corrected chi connectivity index (χ4v) is 1.84. The Morgan fingerprint density at radius 1 is 1.40 bits per heavy atom. The van der Waals surface area contributed by atoms with Crippen LogP contribution in [0, 0.1) is 0 Å². The lowest BCUT2D eigenvalue weighted by Gasteiger charge is -2.08. The highest BCUT2D eigenvalue weighted by Gasteiger charge is 2.10. The number of anilines is 2. The summed E-state index contributed by atoms with van der Waals surface area (Å²) >= 11 is 6.06. The summed E-state index contributed by atoms with van der Waals surface area (Å²) < 4.78 is 7.95. The number of ether oxygens (including phenoxy) is 1. The summed E-state index contributed by atoms with van der Waals surface area (Å²) in [6.07, 6.45) is 5.01. The van der Waals surface area contributed by atoms with E-state index in [1.165, 1.54) is 10.9 Å². The molecular weight excluding hydrogens is 282 g/mol. The van der Waals surface area contributed by atoms with Crippen LogP contribution >= 0.6 is 11.6 Å². The van der Waals surface area contributed by atoms with Crippen molar-refractivity contribution in [3.8, 4) is 0 Å². The van der Waals surface area contributed by atoms with E-state index in [9.17, 15) is 4.79 Å². The number of aryl methyl sites for hydroxylation is 1. The molecule has 0 saturated carbocycles. The van der Waals surface area contributed by atoms with Crippen LogP contribution in [0.25, 0.3) is 0 Å². The number of hydrogen-bond donors (Lipinski definition) is 1. The molecule has 0 radical (unpaired) electrons. The molecule has 0 atom stereocenters. The van der Waals surface area contributed by atoms with Crippen LogP contribution in [0.2, 0.25) is 5.02 Å². The molecule has 2 aromatic heterocycles. The molecule has 7 nitrogen and oxygen atoms in total. The average Bonchev–Trinajstić information content (AvgIpc) is 2.91. The molecule has 2 rings (SSSR count). The van der Waals surface area contributed by atoms with Gasteiger partial charge in [-0.25, -0.2) is 4.68 Å². The third kappa shape index (κ3) is 3.17. The molecule has 0 spiro atoms. The van der Waals surface area contributed by atoms with Crippen LogP contribution in [0.5, 0.6) is 0 Å². The highest BCUT2D eigenvalue weighted by Crippen LogP contribution is 2.20. The number of nitrogens with zero attached hydrogens (tertiary/aromatic N) is 4. The topological polar surface area (TPSA) is 74.0 Å². The van der Waals surface area contributed by atoms with Crippen molar-refractivity contribution in [2.24, 2.45) is 0 Å². The van der Waals surface area contributed by atoms with E-state index in [1.54, 1.807) is 18.0 Å². The van der Waals surface area contributed by atoms with E-state index < -0.39 is 0 Å². The summed E-state index contributed by atoms with van der Waals surface area (Å²) in [5, 5.41) is 11.3. The minimum atomic E-state index is -0.350. The van der Waals surface area contributed by atoms with Crippen molar-refractivity contribution >= 4 is 23.0 Å². The van der Waals surface area contributed by atoms with Gasteiger partial charge in [-0.1, -0.05) is 11.6 Å². The second kappa shape index (κ2) is 6.53. The molecule has 108 valence electrons. The highest BCUT2D eigenvalue weighted by atomic mass is 35.5. The molecule has 1 N–H and O–H groups in total. The van der Waals surface area contributed by atoms with Crippen molar-refractivity contribution in [1.29, 1.82) is 0 Å². The summed E-state index contributed by atoms with van der Waals surface area (Å²) in [6, 6.07) is 0. The molecule has 0 fully saturated rings. The van der Waals surface area contributed by atoms with E-state index in [0.29, 0.717) is 18.8 Å². The summed E-state index contributed by atoms with van der Waals surface area (Å²) in [5.41, 5.74) is 0.863. The standard InChI is InChI=1S/C12H16ClN5O2/c1-3-17-8-9(6-14-17)16-10-7-15-18(4-5-20-2)12(19)11(10)13/h6-8,16H,3-5H2,1-2H3. The van der Waals surface area contributed by atoms with Gasteiger partial charge in [0.1, 0.15) is 5.02 Å². The van der Waals surface area contributed by atoms with Gasteiger partial charge in [0, 0.05) is 19.9 Å². The Bertz CT molecular complexity index is 637. The minimum absolute atomic E-state index is 0.0975. The number of nitrogens with one attached hydrogen (secondary N) is 1. The second-order valence-electron chi connectivity index (χ2n) is 4.10. The third-order valence-corrected chi connectivity index (χ3v) is 3.09. The molecule has 0 saturated heterocycles. The Morgan fingerprint density at radius 3 is 2.85 bits per heavy atom. The van der Waals surface area contributed by atoms with Crippen molar-refractivity contribution in [3.63, 3.8) is 0 Å². The van der Waals surface area contributed by atoms with Gasteiger partial charge in [-0.3, -0.25) is 9.48 Å². The Labute approximate surface area is 121 Å². The number of methoxy groups -OCH3 is 1. The van der Waals surface area contributed by atoms with Gasteiger partial charge in [0.15, 0.2) is 0 Å². The van der Waals surface area contributed by atoms with Crippen molar-refractivity contribution in [2.45, 2.75) is 20.0 Å². The van der Waals surface area contributed by atoms with Gasteiger partial charge < -0.3 is 10.1 Å². The molecule has 20 heavy (non-hydrogen) atoms. The number of halogens is 1. The molecule has 0 aromatic carbocycles. The van der Waals surface area contributed by atoms with E-state index in [1.807, 2.05) is 13.1 Å². The maximum Gasteiger partial charge on any atom is 0.287 e. The zero-order chi connectivity index (χ0) is 14.5. The lowest BCUT2D eigenvalue weighted by Crippen LogP contribution is -2.25. The molecule has 0 aliphatic carbocycles. The van der Waals surface area contributed by atoms with Gasteiger partial charge >= 0.3 is 0 Å². The maximum atomic E-state index is 12.0. The average molecular weight is 298 g/mol. The van der Waals surface area contributed by atoms with Crippen LogP contribution in [-0.4, -0.2) is 33.3 Å². The van der Waals surface area contributed by atoms with Crippen LogP contribution in [0.4, 0.5) is 11.4 Å². The van der Waals surface area contributed by atoms with Gasteiger partial charge in [-0.15, -0.1) is 0 Å². The molecule has 8 heteroatoms. The number of rotatable bonds is 6. The predicted octanol–water partition coefficient (Wildman–Crippen LogP) is 1.50. The Morgan fingerprint density at radius 2 is 2.20 bits per heavy atom. The zero-order valence-corrected chi connectivity index (χ0v) is 12.1. The minimum Gasteiger partial charge on any atom is -0.383 e. The van der Waals surface area contributed by atoms with Gasteiger partial charge in [0.05, 0.1) is 36.9 Å². The number of aromatic nitrogens is 4. The summed E-state index contributed by atoms with van der Waals surface area (Å²) in [7, 11) is 1.56. The first-order valence-electron chi connectivity index (χ1n) is 6.19. The van der Waals surface area contributed by atoms with E-state index in [4.69, 9.17) is 16.3 Å². The lowest BCUT2D eigenvalue weighted by molar-refractivity contribution is 0.182. The lowest BCUT2D eigenvalue weighted by atomic mass is 10.4. The van der Waals surface area contributed by atoms with Gasteiger partial charge in [-0.05, 0) is 6.92 Å². The van der Waals surface area contributed by atoms with Crippen molar-refractivity contribution in [3.05, 3.63) is 34.0 Å². The smallest absolute Gasteiger partial charge is 0.287 e. The Kier molecular flexibility index (Phi) is 4.75. The van der Waals surface area contributed by atoms with Crippen LogP contribution < -0.4 is 10.9 Å². The van der Waals surface area contributed by atoms with Crippen molar-refractivity contribution < 1.29 is 4.74 Å². The fourth-order valence-electron chi connectivity index (χ4n) is 1.65. The monoisotopic (exact) mass is 297 g/mol. The summed E-state index contributed by atoms with van der Waals surface area (Å²) in [4.78, 5) is 12.0. The van der Waals surface area contributed by atoms with E-state index >= 15 is 0 Å². The van der Waals surface area contributed by atoms with Crippen LogP contribution in [0.15, 0.2) is 23.4 Å². The SMILES string of the molecule is CCn1cc(Nc2cnn(CCOC)c(=O)c2Cl)cn1. The third-order valence-electron chi connectivity index (χ3n) is 2.73. The van der Waals surface area contributed by atoms with Crippen LogP contribution in [-0.2, 0) is 17.8 Å². The van der Waals surface area contributed by atoms with Gasteiger partial charge in [0.25, 0.3) is 5.56 Å². The second-order valence-corrected chi connectivity index (χ2v) is 4.48. The quantitative estimate of drug-likeness (QED) is 0.875. The Balaban J connectivity index is 2.20. The summed E-state index contributed by atoms with van der Waals surface area (Å²) in [6.45, 7) is 3.52. The molecule has 0 unspecified atom stereocenters. The predicted molar refractivity (Wildman–Crippen MR) is 76.6 cm³/mol. The highest BCUT2D eigenvalue weighted by molar-refractivity contribution is 6.33. The normalized spacial score (nSPS) is 10.8. The molecule has 2 heterocycles. The number of hydrogen-bond acceptors (Lipinski definition) is 5. The van der Waals surface area contributed by atoms with Crippen molar-refractivity contribution in [1.82, 2.24) is 19.6 Å². The first kappa shape index (κ1) is 14.5. The molecule has 0 aliphatic heterocycles. The molecule has 0 bridgehead atoms. The maximum absolute atomic E-state index is 12.0. The molecule has 0 amide bonds. The molecule has 2 aromatic rings. The first-order chi connectivity index (χ1) is 9.65. The van der Waals surface area contributed by atoms with Gasteiger partial charge in [0.2, 0.25) is 0 Å². The molecule has 0 aliphatic rings. The van der Waals surface area contributed by atoms with Crippen LogP contribution in [0.3, 0.4) is 0 Å². The van der Waals surface area contributed by atoms with Crippen molar-refractivity contribution in [2.75, 3.05) is 19.0 Å². The van der Waals surface area contributed by atoms with Gasteiger partial charge in [-0.2, -0.15) is 10.2 Å². The largest absolute Gasteiger partial charge is 0.383 e. The summed E-state index contributed by atoms with van der Waals surface area (Å²) in [5.74, 6) is 0.